The molecule has 4 rings (SSSR count). The minimum absolute atomic E-state index is 0.486. The quantitative estimate of drug-likeness (QED) is 0.737. The Hall–Kier alpha value is -1.92. The summed E-state index contributed by atoms with van der Waals surface area (Å²) >= 11 is 6.08. The van der Waals surface area contributed by atoms with Crippen LogP contribution >= 0.6 is 11.6 Å². The highest BCUT2D eigenvalue weighted by Crippen LogP contribution is 2.24. The molecular formula is C16H19ClN6. The third-order valence-electron chi connectivity index (χ3n) is 4.64. The summed E-state index contributed by atoms with van der Waals surface area (Å²) in [6.07, 6.45) is 5.78. The zero-order valence-electron chi connectivity index (χ0n) is 13.1. The monoisotopic (exact) mass is 330 g/mol. The Bertz CT molecular complexity index is 809. The number of rotatable bonds is 4. The van der Waals surface area contributed by atoms with Gasteiger partial charge in [-0.1, -0.05) is 11.6 Å². The smallest absolute Gasteiger partial charge is 0.137 e. The van der Waals surface area contributed by atoms with E-state index in [1.54, 1.807) is 12.7 Å². The molecule has 1 fully saturated rings. The first-order valence-electron chi connectivity index (χ1n) is 7.88. The Morgan fingerprint density at radius 3 is 3.09 bits per heavy atom. The zero-order valence-corrected chi connectivity index (χ0v) is 13.8. The average molecular weight is 331 g/mol. The second-order valence-corrected chi connectivity index (χ2v) is 6.54. The van der Waals surface area contributed by atoms with Crippen molar-refractivity contribution in [2.24, 2.45) is 7.05 Å². The summed E-state index contributed by atoms with van der Waals surface area (Å²) in [6, 6.07) is 6.36. The lowest BCUT2D eigenvalue weighted by Gasteiger charge is -2.23. The summed E-state index contributed by atoms with van der Waals surface area (Å²) in [5, 5.41) is 4.96. The molecule has 23 heavy (non-hydrogen) atoms. The standard InChI is InChI=1S/C16H19ClN6/c1-21-15-5-4-12(17)7-14(15)20-16(21)9-22-6-2-3-13(22)8-23-11-18-10-19-23/h4-5,7,10-11,13H,2-3,6,8-9H2,1H3/t13-/m0/s1. The second kappa shape index (κ2) is 5.94. The second-order valence-electron chi connectivity index (χ2n) is 6.10. The molecule has 0 spiro atoms. The highest BCUT2D eigenvalue weighted by Gasteiger charge is 2.26. The molecule has 7 heteroatoms. The van der Waals surface area contributed by atoms with Crippen molar-refractivity contribution in [2.45, 2.75) is 32.0 Å². The molecule has 0 amide bonds. The van der Waals surface area contributed by atoms with Gasteiger partial charge in [0, 0.05) is 18.1 Å². The highest BCUT2D eigenvalue weighted by atomic mass is 35.5. The molecule has 1 aromatic carbocycles. The minimum atomic E-state index is 0.486. The van der Waals surface area contributed by atoms with E-state index in [0.717, 1.165) is 41.5 Å². The first kappa shape index (κ1) is 14.7. The Morgan fingerprint density at radius 1 is 1.35 bits per heavy atom. The van der Waals surface area contributed by atoms with Crippen LogP contribution in [0.3, 0.4) is 0 Å². The van der Waals surface area contributed by atoms with Crippen LogP contribution in [0.25, 0.3) is 11.0 Å². The van der Waals surface area contributed by atoms with Gasteiger partial charge in [0.2, 0.25) is 0 Å². The maximum Gasteiger partial charge on any atom is 0.137 e. The Balaban J connectivity index is 1.56. The number of imidazole rings is 1. The maximum absolute atomic E-state index is 6.08. The topological polar surface area (TPSA) is 51.8 Å². The van der Waals surface area contributed by atoms with Gasteiger partial charge in [-0.25, -0.2) is 9.97 Å². The number of aryl methyl sites for hydroxylation is 1. The molecule has 6 nitrogen and oxygen atoms in total. The summed E-state index contributed by atoms with van der Waals surface area (Å²) < 4.78 is 4.08. The molecule has 120 valence electrons. The summed E-state index contributed by atoms with van der Waals surface area (Å²) in [5.74, 6) is 1.08. The van der Waals surface area contributed by atoms with E-state index < -0.39 is 0 Å². The predicted octanol–water partition coefficient (Wildman–Crippen LogP) is 2.48. The van der Waals surface area contributed by atoms with E-state index in [0.29, 0.717) is 6.04 Å². The molecule has 1 aliphatic rings. The van der Waals surface area contributed by atoms with E-state index in [1.165, 1.54) is 12.8 Å². The van der Waals surface area contributed by atoms with Gasteiger partial charge in [-0.15, -0.1) is 0 Å². The molecule has 1 atom stereocenters. The predicted molar refractivity (Wildman–Crippen MR) is 89.2 cm³/mol. The first-order chi connectivity index (χ1) is 11.2. The van der Waals surface area contributed by atoms with Crippen LogP contribution in [0.4, 0.5) is 0 Å². The van der Waals surface area contributed by atoms with Crippen LogP contribution in [-0.2, 0) is 20.1 Å². The van der Waals surface area contributed by atoms with Crippen molar-refractivity contribution in [1.29, 1.82) is 0 Å². The fraction of sp³-hybridized carbons (Fsp3) is 0.438. The molecule has 0 radical (unpaired) electrons. The molecule has 2 aromatic heterocycles. The van der Waals surface area contributed by atoms with Crippen molar-refractivity contribution < 1.29 is 0 Å². The Kier molecular flexibility index (Phi) is 3.79. The number of fused-ring (bicyclic) bond motifs is 1. The molecule has 0 aliphatic carbocycles. The number of hydrogen-bond acceptors (Lipinski definition) is 4. The van der Waals surface area contributed by atoms with Crippen LogP contribution < -0.4 is 0 Å². The van der Waals surface area contributed by atoms with Gasteiger partial charge in [0.15, 0.2) is 0 Å². The third-order valence-corrected chi connectivity index (χ3v) is 4.88. The normalized spacial score (nSPS) is 19.0. The molecule has 0 N–H and O–H groups in total. The summed E-state index contributed by atoms with van der Waals surface area (Å²) in [7, 11) is 2.07. The summed E-state index contributed by atoms with van der Waals surface area (Å²) in [4.78, 5) is 11.3. The number of nitrogens with zero attached hydrogens (tertiary/aromatic N) is 6. The van der Waals surface area contributed by atoms with Crippen molar-refractivity contribution in [3.8, 4) is 0 Å². The van der Waals surface area contributed by atoms with Gasteiger partial charge in [-0.2, -0.15) is 5.10 Å². The molecule has 0 unspecified atom stereocenters. The highest BCUT2D eigenvalue weighted by molar-refractivity contribution is 6.31. The largest absolute Gasteiger partial charge is 0.330 e. The van der Waals surface area contributed by atoms with Crippen LogP contribution in [0.1, 0.15) is 18.7 Å². The molecule has 3 heterocycles. The van der Waals surface area contributed by atoms with Crippen LogP contribution in [-0.4, -0.2) is 41.8 Å². The van der Waals surface area contributed by atoms with Crippen LogP contribution in [0.15, 0.2) is 30.9 Å². The number of halogens is 1. The van der Waals surface area contributed by atoms with Gasteiger partial charge in [0.25, 0.3) is 0 Å². The average Bonchev–Trinajstić information content (AvgIpc) is 3.24. The number of hydrogen-bond donors (Lipinski definition) is 0. The lowest BCUT2D eigenvalue weighted by molar-refractivity contribution is 0.212. The summed E-state index contributed by atoms with van der Waals surface area (Å²) in [6.45, 7) is 2.83. The number of aromatic nitrogens is 5. The molecule has 0 bridgehead atoms. The zero-order chi connectivity index (χ0) is 15.8. The van der Waals surface area contributed by atoms with Gasteiger partial charge in [0.1, 0.15) is 18.5 Å². The van der Waals surface area contributed by atoms with E-state index in [-0.39, 0.29) is 0 Å². The van der Waals surface area contributed by atoms with Crippen LogP contribution in [0.2, 0.25) is 5.02 Å². The van der Waals surface area contributed by atoms with E-state index in [1.807, 2.05) is 22.9 Å². The van der Waals surface area contributed by atoms with Crippen molar-refractivity contribution in [1.82, 2.24) is 29.2 Å². The molecular weight excluding hydrogens is 312 g/mol. The van der Waals surface area contributed by atoms with E-state index in [9.17, 15) is 0 Å². The number of likely N-dealkylation sites (tertiary alicyclic amines) is 1. The Labute approximate surface area is 139 Å². The fourth-order valence-electron chi connectivity index (χ4n) is 3.40. The maximum atomic E-state index is 6.08. The van der Waals surface area contributed by atoms with E-state index in [4.69, 9.17) is 16.6 Å². The van der Waals surface area contributed by atoms with Gasteiger partial charge >= 0.3 is 0 Å². The minimum Gasteiger partial charge on any atom is -0.330 e. The Morgan fingerprint density at radius 2 is 2.26 bits per heavy atom. The van der Waals surface area contributed by atoms with Gasteiger partial charge in [-0.05, 0) is 37.6 Å². The lowest BCUT2D eigenvalue weighted by Crippen LogP contribution is -2.33. The van der Waals surface area contributed by atoms with E-state index in [2.05, 4.69) is 26.6 Å². The number of benzene rings is 1. The molecule has 1 aliphatic heterocycles. The molecule has 1 saturated heterocycles. The van der Waals surface area contributed by atoms with E-state index >= 15 is 0 Å². The third kappa shape index (κ3) is 2.84. The lowest BCUT2D eigenvalue weighted by atomic mass is 10.2. The van der Waals surface area contributed by atoms with Crippen LogP contribution in [0.5, 0.6) is 0 Å². The van der Waals surface area contributed by atoms with Crippen molar-refractivity contribution in [3.63, 3.8) is 0 Å². The van der Waals surface area contributed by atoms with Crippen molar-refractivity contribution in [2.75, 3.05) is 6.54 Å². The van der Waals surface area contributed by atoms with Gasteiger partial charge in [-0.3, -0.25) is 9.58 Å². The molecule has 0 saturated carbocycles. The first-order valence-corrected chi connectivity index (χ1v) is 8.26. The van der Waals surface area contributed by atoms with Gasteiger partial charge in [0.05, 0.1) is 24.1 Å². The summed E-state index contributed by atoms with van der Waals surface area (Å²) in [5.41, 5.74) is 2.08. The van der Waals surface area contributed by atoms with Crippen LogP contribution in [0, 0.1) is 0 Å². The SMILES string of the molecule is Cn1c(CN2CCC[C@H]2Cn2cncn2)nc2cc(Cl)ccc21. The molecule has 3 aromatic rings. The fourth-order valence-corrected chi connectivity index (χ4v) is 3.57. The van der Waals surface area contributed by atoms with Gasteiger partial charge < -0.3 is 4.57 Å². The van der Waals surface area contributed by atoms with Crippen molar-refractivity contribution >= 4 is 22.6 Å². The van der Waals surface area contributed by atoms with Crippen molar-refractivity contribution in [3.05, 3.63) is 41.7 Å².